The van der Waals surface area contributed by atoms with Crippen LogP contribution in [0, 0.1) is 26.6 Å². The molecule has 4 rings (SSSR count). The van der Waals surface area contributed by atoms with Gasteiger partial charge < -0.3 is 44.5 Å². The van der Waals surface area contributed by atoms with Crippen molar-refractivity contribution in [2.45, 2.75) is 95.5 Å². The number of aliphatic hydroxyl groups is 5. The van der Waals surface area contributed by atoms with Gasteiger partial charge in [-0.2, -0.15) is 0 Å². The molecule has 0 aliphatic carbocycles. The molecule has 10 nitrogen and oxygen atoms in total. The highest BCUT2D eigenvalue weighted by Gasteiger charge is 2.52. The molecule has 0 spiro atoms. The summed E-state index contributed by atoms with van der Waals surface area (Å²) in [5, 5.41) is 50.5. The second-order valence-corrected chi connectivity index (χ2v) is 12.3. The number of aliphatic hydroxyl groups excluding tert-OH is 4. The van der Waals surface area contributed by atoms with E-state index in [1.807, 2.05) is 38.1 Å². The second kappa shape index (κ2) is 13.3. The second-order valence-electron chi connectivity index (χ2n) is 12.3. The molecule has 1 unspecified atom stereocenters. The minimum atomic E-state index is -2.36. The van der Waals surface area contributed by atoms with Crippen molar-refractivity contribution >= 4 is 12.0 Å². The normalized spacial score (nSPS) is 30.4. The Bertz CT molecular complexity index is 1370. The van der Waals surface area contributed by atoms with Gasteiger partial charge in [-0.1, -0.05) is 35.9 Å². The maximum Gasteiger partial charge on any atom is 0.309 e. The van der Waals surface area contributed by atoms with Crippen LogP contribution in [0.15, 0.2) is 36.4 Å². The molecule has 2 aliphatic rings. The van der Waals surface area contributed by atoms with E-state index in [1.54, 1.807) is 32.9 Å². The largest absolute Gasteiger partial charge is 0.465 e. The number of aryl methyl sites for hydroxylation is 3. The molecule has 44 heavy (non-hydrogen) atoms. The van der Waals surface area contributed by atoms with Crippen molar-refractivity contribution in [1.29, 1.82) is 0 Å². The number of hydrogen-bond acceptors (Lipinski definition) is 10. The maximum absolute atomic E-state index is 14.1. The monoisotopic (exact) mass is 618 g/mol. The van der Waals surface area contributed by atoms with E-state index in [4.69, 9.17) is 18.9 Å². The highest BCUT2D eigenvalue weighted by molar-refractivity contribution is 5.79. The molecule has 0 saturated carbocycles. The molecule has 5 N–H and O–H groups in total. The Balaban J connectivity index is 1.55. The van der Waals surface area contributed by atoms with Crippen molar-refractivity contribution in [2.24, 2.45) is 0 Å². The van der Waals surface area contributed by atoms with Crippen LogP contribution in [0.3, 0.4) is 0 Å². The molecule has 2 saturated heterocycles. The predicted molar refractivity (Wildman–Crippen MR) is 159 cm³/mol. The van der Waals surface area contributed by atoms with Gasteiger partial charge in [-0.15, -0.1) is 0 Å². The van der Waals surface area contributed by atoms with E-state index in [0.717, 1.165) is 27.8 Å². The van der Waals surface area contributed by atoms with Crippen LogP contribution in [-0.2, 0) is 23.7 Å². The van der Waals surface area contributed by atoms with E-state index in [2.05, 4.69) is 0 Å². The Morgan fingerprint density at radius 2 is 1.82 bits per heavy atom. The zero-order valence-corrected chi connectivity index (χ0v) is 25.7. The summed E-state index contributed by atoms with van der Waals surface area (Å²) in [6.45, 7) is 8.39. The van der Waals surface area contributed by atoms with Gasteiger partial charge >= 0.3 is 5.97 Å². The number of benzene rings is 2. The van der Waals surface area contributed by atoms with Gasteiger partial charge in [0, 0.05) is 12.8 Å². The van der Waals surface area contributed by atoms with Crippen molar-refractivity contribution in [1.82, 2.24) is 0 Å². The lowest BCUT2D eigenvalue weighted by atomic mass is 9.88. The minimum Gasteiger partial charge on any atom is -0.465 e. The molecular formula is C33H43FO10. The lowest BCUT2D eigenvalue weighted by Crippen LogP contribution is -2.65. The van der Waals surface area contributed by atoms with Gasteiger partial charge in [-0.25, -0.2) is 4.39 Å². The fraction of sp³-hybridized carbons (Fsp3) is 0.545. The van der Waals surface area contributed by atoms with Crippen LogP contribution >= 0.6 is 0 Å². The van der Waals surface area contributed by atoms with Crippen molar-refractivity contribution in [3.63, 3.8) is 0 Å². The van der Waals surface area contributed by atoms with E-state index in [9.17, 15) is 34.7 Å². The van der Waals surface area contributed by atoms with E-state index in [0.29, 0.717) is 18.6 Å². The third-order valence-electron chi connectivity index (χ3n) is 8.20. The Morgan fingerprint density at radius 3 is 2.48 bits per heavy atom. The molecule has 6 atom stereocenters. The van der Waals surface area contributed by atoms with Gasteiger partial charge in [0.2, 0.25) is 0 Å². The first-order valence-electron chi connectivity index (χ1n) is 14.7. The minimum absolute atomic E-state index is 0.200. The fourth-order valence-electron chi connectivity index (χ4n) is 5.86. The Kier molecular flexibility index (Phi) is 10.3. The summed E-state index contributed by atoms with van der Waals surface area (Å²) in [7, 11) is 0. The van der Waals surface area contributed by atoms with E-state index >= 15 is 0 Å². The molecule has 2 aromatic rings. The average molecular weight is 619 g/mol. The number of halogens is 1. The fourth-order valence-corrected chi connectivity index (χ4v) is 5.86. The lowest BCUT2D eigenvalue weighted by molar-refractivity contribution is -0.352. The van der Waals surface area contributed by atoms with Crippen molar-refractivity contribution < 1.29 is 53.7 Å². The molecular weight excluding hydrogens is 575 g/mol. The van der Waals surface area contributed by atoms with Crippen LogP contribution < -0.4 is 0 Å². The Labute approximate surface area is 256 Å². The number of carbonyl (C=O) groups excluding carboxylic acids is 1. The van der Waals surface area contributed by atoms with E-state index in [-0.39, 0.29) is 12.2 Å². The first-order chi connectivity index (χ1) is 20.6. The molecule has 2 aliphatic heterocycles. The van der Waals surface area contributed by atoms with Crippen molar-refractivity contribution in [3.8, 4) is 11.1 Å². The summed E-state index contributed by atoms with van der Waals surface area (Å²) in [5.41, 5.74) is 4.06. The third kappa shape index (κ3) is 7.55. The summed E-state index contributed by atoms with van der Waals surface area (Å²) in [5.74, 6) is -4.31. The molecule has 0 aromatic heterocycles. The van der Waals surface area contributed by atoms with Crippen LogP contribution in [0.2, 0.25) is 0 Å². The lowest BCUT2D eigenvalue weighted by Gasteiger charge is -2.45. The van der Waals surface area contributed by atoms with Gasteiger partial charge in [0.05, 0.1) is 26.2 Å². The predicted octanol–water partition coefficient (Wildman–Crippen LogP) is 2.83. The number of esters is 1. The smallest absolute Gasteiger partial charge is 0.309 e. The van der Waals surface area contributed by atoms with Crippen LogP contribution in [0.1, 0.15) is 55.4 Å². The van der Waals surface area contributed by atoms with Crippen molar-refractivity contribution in [2.75, 3.05) is 19.8 Å². The Hall–Kier alpha value is -2.74. The highest BCUT2D eigenvalue weighted by Crippen LogP contribution is 2.38. The van der Waals surface area contributed by atoms with E-state index < -0.39 is 67.2 Å². The van der Waals surface area contributed by atoms with Gasteiger partial charge in [0.25, 0.3) is 0 Å². The number of hydrogen-bond donors (Lipinski definition) is 5. The van der Waals surface area contributed by atoms with Crippen molar-refractivity contribution in [3.05, 3.63) is 64.5 Å². The SMILES string of the molecule is Cc1cc(C)c(C=CC2(CC(=O)OCC[C@]3(O)O[C@H](CO)[C@H](O)[C@H](O)[C@H]3O)CCOC(C)(C)O2)c(-c2ccc(F)c(C)c2)c1. The van der Waals surface area contributed by atoms with Crippen LogP contribution in [-0.4, -0.2) is 92.9 Å². The first kappa shape index (κ1) is 34.1. The van der Waals surface area contributed by atoms with Crippen LogP contribution in [0.25, 0.3) is 17.2 Å². The molecule has 0 bridgehead atoms. The van der Waals surface area contributed by atoms with E-state index in [1.165, 1.54) is 6.07 Å². The maximum atomic E-state index is 14.1. The summed E-state index contributed by atoms with van der Waals surface area (Å²) < 4.78 is 36.8. The van der Waals surface area contributed by atoms with Gasteiger partial charge in [-0.05, 0) is 74.6 Å². The van der Waals surface area contributed by atoms with Crippen LogP contribution in [0.5, 0.6) is 0 Å². The van der Waals surface area contributed by atoms with Gasteiger partial charge in [-0.3, -0.25) is 4.79 Å². The summed E-state index contributed by atoms with van der Waals surface area (Å²) in [6.07, 6.45) is -3.19. The molecule has 242 valence electrons. The molecule has 0 radical (unpaired) electrons. The highest BCUT2D eigenvalue weighted by atomic mass is 19.1. The molecule has 2 fully saturated rings. The number of rotatable bonds is 9. The summed E-state index contributed by atoms with van der Waals surface area (Å²) >= 11 is 0. The standard InChI is InChI=1S/C33H43FO10/c1-19-14-20(2)23(24(15-19)22-6-7-25(34)21(3)16-22)8-9-32(10-13-42-31(4,5)44-32)17-27(36)41-12-11-33(40)30(39)29(38)28(37)26(18-35)43-33/h6-9,14-16,26,28-30,35,37-40H,10-13,17-18H2,1-5H3/t26-,28+,29+,30-,32?,33+/m1/s1. The summed E-state index contributed by atoms with van der Waals surface area (Å²) in [6, 6.07) is 9.04. The van der Waals surface area contributed by atoms with Gasteiger partial charge in [0.15, 0.2) is 11.6 Å². The quantitative estimate of drug-likeness (QED) is 0.265. The number of carbonyl (C=O) groups is 1. The molecule has 11 heteroatoms. The molecule has 0 amide bonds. The van der Waals surface area contributed by atoms with Gasteiger partial charge in [0.1, 0.15) is 35.8 Å². The van der Waals surface area contributed by atoms with Crippen LogP contribution in [0.4, 0.5) is 4.39 Å². The molecule has 2 aromatic carbocycles. The molecule has 2 heterocycles. The Morgan fingerprint density at radius 1 is 1.09 bits per heavy atom. The number of ether oxygens (including phenoxy) is 4. The first-order valence-corrected chi connectivity index (χ1v) is 14.7. The summed E-state index contributed by atoms with van der Waals surface area (Å²) in [4.78, 5) is 13.1. The third-order valence-corrected chi connectivity index (χ3v) is 8.20. The zero-order valence-electron chi connectivity index (χ0n) is 25.7. The zero-order chi connectivity index (χ0) is 32.4. The topological polar surface area (TPSA) is 155 Å². The average Bonchev–Trinajstić information content (AvgIpc) is 2.94.